The maximum Gasteiger partial charge on any atom is 0.312 e. The fourth-order valence-corrected chi connectivity index (χ4v) is 7.63. The van der Waals surface area contributed by atoms with Crippen LogP contribution in [0.4, 0.5) is 0 Å². The highest BCUT2D eigenvalue weighted by Crippen LogP contribution is 2.70. The summed E-state index contributed by atoms with van der Waals surface area (Å²) in [6.07, 6.45) is 10.1. The zero-order valence-electron chi connectivity index (χ0n) is 17.0. The summed E-state index contributed by atoms with van der Waals surface area (Å²) >= 11 is 0. The Labute approximate surface area is 154 Å². The molecule has 7 unspecified atom stereocenters. The second-order valence-electron chi connectivity index (χ2n) is 10.4. The van der Waals surface area contributed by atoms with E-state index in [9.17, 15) is 4.79 Å². The highest BCUT2D eigenvalue weighted by atomic mass is 16.6. The number of carbonyl (C=O) groups excluding carboxylic acids is 1. The normalized spacial score (nSPS) is 42.0. The molecule has 4 aliphatic rings. The molecule has 0 spiro atoms. The third-order valence-electron chi connectivity index (χ3n) is 9.34. The number of hydrogen-bond donors (Lipinski definition) is 0. The van der Waals surface area contributed by atoms with Gasteiger partial charge in [0.2, 0.25) is 0 Å². The quantitative estimate of drug-likeness (QED) is 0.446. The third kappa shape index (κ3) is 2.45. The molecule has 0 saturated heterocycles. The molecule has 4 aliphatic carbocycles. The Morgan fingerprint density at radius 2 is 1.52 bits per heavy atom. The van der Waals surface area contributed by atoms with Gasteiger partial charge >= 0.3 is 5.97 Å². The van der Waals surface area contributed by atoms with Crippen molar-refractivity contribution in [2.24, 2.45) is 46.8 Å². The Balaban J connectivity index is 1.57. The summed E-state index contributed by atoms with van der Waals surface area (Å²) in [6.45, 7) is 10.7. The zero-order chi connectivity index (χ0) is 18.0. The number of fused-ring (bicyclic) bond motifs is 9. The number of rotatable bonds is 6. The molecule has 0 amide bonds. The van der Waals surface area contributed by atoms with E-state index >= 15 is 0 Å². The first-order chi connectivity index (χ1) is 11.9. The second-order valence-corrected chi connectivity index (χ2v) is 10.4. The van der Waals surface area contributed by atoms with Gasteiger partial charge in [0.25, 0.3) is 0 Å². The van der Waals surface area contributed by atoms with Crippen molar-refractivity contribution < 1.29 is 9.53 Å². The fraction of sp³-hybridized carbons (Fsp3) is 0.957. The minimum atomic E-state index is -0.359. The first kappa shape index (κ1) is 17.9. The third-order valence-corrected chi connectivity index (χ3v) is 9.34. The summed E-state index contributed by atoms with van der Waals surface area (Å²) in [5.74, 6) is 6.48. The number of ether oxygens (including phenoxy) is 1. The van der Waals surface area contributed by atoms with Crippen molar-refractivity contribution in [1.29, 1.82) is 0 Å². The van der Waals surface area contributed by atoms with Crippen molar-refractivity contribution in [2.75, 3.05) is 0 Å². The van der Waals surface area contributed by atoms with E-state index in [1.54, 1.807) is 0 Å². The number of esters is 1. The lowest BCUT2D eigenvalue weighted by molar-refractivity contribution is -0.184. The lowest BCUT2D eigenvalue weighted by Gasteiger charge is -2.47. The van der Waals surface area contributed by atoms with E-state index in [0.29, 0.717) is 5.92 Å². The van der Waals surface area contributed by atoms with Crippen LogP contribution in [0.3, 0.4) is 0 Å². The molecule has 4 saturated carbocycles. The van der Waals surface area contributed by atoms with Crippen LogP contribution in [0, 0.1) is 46.8 Å². The van der Waals surface area contributed by atoms with Crippen LogP contribution < -0.4 is 0 Å². The number of hydrogen-bond acceptors (Lipinski definition) is 2. The van der Waals surface area contributed by atoms with Gasteiger partial charge in [0, 0.05) is 5.92 Å². The van der Waals surface area contributed by atoms with Gasteiger partial charge in [-0.05, 0) is 101 Å². The maximum atomic E-state index is 12.9. The summed E-state index contributed by atoms with van der Waals surface area (Å²) in [6, 6.07) is 0. The van der Waals surface area contributed by atoms with Crippen LogP contribution in [-0.4, -0.2) is 11.6 Å². The maximum absolute atomic E-state index is 12.9. The Kier molecular flexibility index (Phi) is 4.28. The van der Waals surface area contributed by atoms with E-state index in [2.05, 4.69) is 20.8 Å². The average Bonchev–Trinajstić information content (AvgIpc) is 3.38. The average molecular weight is 347 g/mol. The van der Waals surface area contributed by atoms with Gasteiger partial charge in [-0.15, -0.1) is 0 Å². The molecule has 0 aromatic rings. The molecule has 0 aromatic heterocycles. The molecule has 0 aliphatic heterocycles. The highest BCUT2D eigenvalue weighted by molar-refractivity contribution is 5.76. The van der Waals surface area contributed by atoms with E-state index < -0.39 is 0 Å². The van der Waals surface area contributed by atoms with E-state index in [4.69, 9.17) is 4.74 Å². The first-order valence-electron chi connectivity index (χ1n) is 11.1. The van der Waals surface area contributed by atoms with Crippen LogP contribution in [0.2, 0.25) is 0 Å². The molecule has 0 N–H and O–H groups in total. The summed E-state index contributed by atoms with van der Waals surface area (Å²) < 4.78 is 6.42. The molecule has 2 nitrogen and oxygen atoms in total. The number of carbonyl (C=O) groups is 1. The van der Waals surface area contributed by atoms with E-state index in [1.807, 2.05) is 13.8 Å². The van der Waals surface area contributed by atoms with Crippen LogP contribution in [0.15, 0.2) is 0 Å². The second kappa shape index (κ2) is 5.99. The van der Waals surface area contributed by atoms with Crippen LogP contribution >= 0.6 is 0 Å². The molecule has 2 heteroatoms. The van der Waals surface area contributed by atoms with Crippen molar-refractivity contribution in [3.05, 3.63) is 0 Å². The minimum absolute atomic E-state index is 0.0333. The molecule has 4 fully saturated rings. The molecule has 0 radical (unpaired) electrons. The Morgan fingerprint density at radius 1 is 0.880 bits per heavy atom. The van der Waals surface area contributed by atoms with Gasteiger partial charge in [-0.3, -0.25) is 4.79 Å². The topological polar surface area (TPSA) is 26.3 Å². The van der Waals surface area contributed by atoms with Crippen molar-refractivity contribution >= 4 is 5.97 Å². The Morgan fingerprint density at radius 3 is 2.12 bits per heavy atom. The highest BCUT2D eigenvalue weighted by Gasteiger charge is 2.65. The predicted molar refractivity (Wildman–Crippen MR) is 101 cm³/mol. The van der Waals surface area contributed by atoms with E-state index in [1.165, 1.54) is 32.1 Å². The van der Waals surface area contributed by atoms with E-state index in [-0.39, 0.29) is 17.0 Å². The molecule has 0 aromatic carbocycles. The van der Waals surface area contributed by atoms with Gasteiger partial charge in [0.15, 0.2) is 0 Å². The zero-order valence-corrected chi connectivity index (χ0v) is 17.0. The largest absolute Gasteiger partial charge is 0.458 e. The Bertz CT molecular complexity index is 532. The lowest BCUT2D eigenvalue weighted by Crippen LogP contribution is -2.49. The van der Waals surface area contributed by atoms with Gasteiger partial charge in [0.05, 0.1) is 5.41 Å². The molecule has 142 valence electrons. The molecule has 0 heterocycles. The molecule has 25 heavy (non-hydrogen) atoms. The van der Waals surface area contributed by atoms with Crippen LogP contribution in [0.1, 0.15) is 86.0 Å². The molecular formula is C23H38O2. The lowest BCUT2D eigenvalue weighted by atomic mass is 9.62. The summed E-state index contributed by atoms with van der Waals surface area (Å²) in [4.78, 5) is 12.9. The fourth-order valence-electron chi connectivity index (χ4n) is 7.63. The minimum Gasteiger partial charge on any atom is -0.458 e. The monoisotopic (exact) mass is 346 g/mol. The van der Waals surface area contributed by atoms with Crippen LogP contribution in [-0.2, 0) is 9.53 Å². The van der Waals surface area contributed by atoms with Crippen molar-refractivity contribution in [2.45, 2.75) is 91.6 Å². The molecular weight excluding hydrogens is 308 g/mol. The van der Waals surface area contributed by atoms with Crippen molar-refractivity contribution in [1.82, 2.24) is 0 Å². The summed E-state index contributed by atoms with van der Waals surface area (Å²) in [7, 11) is 0. The van der Waals surface area contributed by atoms with Crippen molar-refractivity contribution in [3.63, 3.8) is 0 Å². The van der Waals surface area contributed by atoms with Gasteiger partial charge in [-0.25, -0.2) is 0 Å². The van der Waals surface area contributed by atoms with Crippen LogP contribution in [0.5, 0.6) is 0 Å². The van der Waals surface area contributed by atoms with Gasteiger partial charge in [-0.2, -0.15) is 0 Å². The molecule has 7 atom stereocenters. The summed E-state index contributed by atoms with van der Waals surface area (Å²) in [5.41, 5.74) is -0.572. The first-order valence-corrected chi connectivity index (χ1v) is 11.1. The molecule has 4 bridgehead atoms. The van der Waals surface area contributed by atoms with Gasteiger partial charge in [0.1, 0.15) is 5.60 Å². The standard InChI is InChI=1S/C23H38O2/c1-6-22(4,5)21(24)25-23(7-2,8-3)18-13-16-12-17(18)20-15-10-9-14(11-15)19(16)20/h14-20H,6-13H2,1-5H3. The molecule has 4 rings (SSSR count). The van der Waals surface area contributed by atoms with E-state index in [0.717, 1.165) is 54.8 Å². The van der Waals surface area contributed by atoms with Crippen molar-refractivity contribution in [3.8, 4) is 0 Å². The predicted octanol–water partition coefficient (Wildman–Crippen LogP) is 5.84. The van der Waals surface area contributed by atoms with Gasteiger partial charge < -0.3 is 4.74 Å². The SMILES string of the molecule is CCC(C)(C)C(=O)OC(CC)(CC)C1CC2CC1C1C3CCC(C3)C21. The van der Waals surface area contributed by atoms with Gasteiger partial charge in [-0.1, -0.05) is 20.8 Å². The smallest absolute Gasteiger partial charge is 0.312 e. The summed E-state index contributed by atoms with van der Waals surface area (Å²) in [5, 5.41) is 0. The van der Waals surface area contributed by atoms with Crippen LogP contribution in [0.25, 0.3) is 0 Å². The Hall–Kier alpha value is -0.530.